The molecule has 2 amide bonds. The van der Waals surface area contributed by atoms with Crippen LogP contribution in [0.4, 0.5) is 18.0 Å². The Morgan fingerprint density at radius 3 is 2.50 bits per heavy atom. The van der Waals surface area contributed by atoms with Gasteiger partial charge in [-0.3, -0.25) is 0 Å². The zero-order valence-corrected chi connectivity index (χ0v) is 14.2. The van der Waals surface area contributed by atoms with Gasteiger partial charge in [-0.2, -0.15) is 13.2 Å². The molecule has 134 valence electrons. The van der Waals surface area contributed by atoms with E-state index in [0.717, 1.165) is 31.6 Å². The van der Waals surface area contributed by atoms with Crippen molar-refractivity contribution < 1.29 is 18.0 Å². The normalized spacial score (nSPS) is 20.0. The summed E-state index contributed by atoms with van der Waals surface area (Å²) < 4.78 is 37.7. The third-order valence-electron chi connectivity index (χ3n) is 4.45. The first-order chi connectivity index (χ1) is 11.2. The van der Waals surface area contributed by atoms with Gasteiger partial charge in [0.15, 0.2) is 0 Å². The van der Waals surface area contributed by atoms with Gasteiger partial charge < -0.3 is 15.1 Å². The van der Waals surface area contributed by atoms with Crippen molar-refractivity contribution in [3.8, 4) is 0 Å². The summed E-state index contributed by atoms with van der Waals surface area (Å²) in [5.74, 6) is 0.465. The number of nitrogens with zero attached hydrogens (tertiary/aromatic N) is 2. The van der Waals surface area contributed by atoms with E-state index in [1.807, 2.05) is 0 Å². The van der Waals surface area contributed by atoms with E-state index in [4.69, 9.17) is 0 Å². The van der Waals surface area contributed by atoms with Gasteiger partial charge in [-0.05, 0) is 50.6 Å². The lowest BCUT2D eigenvalue weighted by molar-refractivity contribution is -0.137. The number of benzene rings is 1. The topological polar surface area (TPSA) is 35.6 Å². The van der Waals surface area contributed by atoms with Crippen LogP contribution in [-0.2, 0) is 6.18 Å². The Balaban J connectivity index is 1.88. The molecule has 1 aromatic carbocycles. The number of likely N-dealkylation sites (tertiary alicyclic amines) is 1. The molecule has 4 nitrogen and oxygen atoms in total. The maximum Gasteiger partial charge on any atom is 0.416 e. The fourth-order valence-electron chi connectivity index (χ4n) is 2.99. The molecule has 1 aliphatic heterocycles. The number of carbonyl (C=O) groups is 1. The molecule has 0 saturated carbocycles. The molecule has 0 aromatic heterocycles. The molecular formula is C17H24F3N3O. The number of amides is 2. The van der Waals surface area contributed by atoms with Gasteiger partial charge in [-0.15, -0.1) is 0 Å². The SMILES string of the molecule is CC(NC(=O)N(C)CC1CCN(C)C1)c1ccc(C(F)(F)F)cc1. The standard InChI is InChI=1S/C17H24F3N3O/c1-12(14-4-6-15(7-5-14)17(18,19)20)21-16(24)23(3)11-13-8-9-22(2)10-13/h4-7,12-13H,8-11H2,1-3H3,(H,21,24). The van der Waals surface area contributed by atoms with Gasteiger partial charge in [0.05, 0.1) is 11.6 Å². The number of nitrogens with one attached hydrogen (secondary N) is 1. The van der Waals surface area contributed by atoms with Crippen molar-refractivity contribution in [1.82, 2.24) is 15.1 Å². The summed E-state index contributed by atoms with van der Waals surface area (Å²) in [5.41, 5.74) is -0.0439. The van der Waals surface area contributed by atoms with Crippen molar-refractivity contribution in [3.05, 3.63) is 35.4 Å². The second-order valence-corrected chi connectivity index (χ2v) is 6.59. The van der Waals surface area contributed by atoms with E-state index in [1.54, 1.807) is 18.9 Å². The smallest absolute Gasteiger partial charge is 0.331 e. The van der Waals surface area contributed by atoms with Crippen molar-refractivity contribution in [1.29, 1.82) is 0 Å². The lowest BCUT2D eigenvalue weighted by atomic mass is 10.1. The highest BCUT2D eigenvalue weighted by atomic mass is 19.4. The maximum absolute atomic E-state index is 12.6. The second-order valence-electron chi connectivity index (χ2n) is 6.59. The van der Waals surface area contributed by atoms with Gasteiger partial charge in [-0.25, -0.2) is 4.79 Å². The number of halogens is 3. The lowest BCUT2D eigenvalue weighted by Gasteiger charge is -2.24. The predicted octanol–water partition coefficient (Wildman–Crippen LogP) is 3.36. The first kappa shape index (κ1) is 18.6. The summed E-state index contributed by atoms with van der Waals surface area (Å²) in [5, 5.41) is 2.83. The van der Waals surface area contributed by atoms with E-state index in [1.165, 1.54) is 12.1 Å². The molecule has 7 heteroatoms. The van der Waals surface area contributed by atoms with Crippen LogP contribution in [0.2, 0.25) is 0 Å². The Bertz CT molecular complexity index is 559. The predicted molar refractivity (Wildman–Crippen MR) is 86.6 cm³/mol. The van der Waals surface area contributed by atoms with Crippen molar-refractivity contribution in [2.45, 2.75) is 25.6 Å². The maximum atomic E-state index is 12.6. The number of hydrogen-bond donors (Lipinski definition) is 1. The summed E-state index contributed by atoms with van der Waals surface area (Å²) in [7, 11) is 3.81. The minimum Gasteiger partial charge on any atom is -0.331 e. The minimum absolute atomic E-state index is 0.211. The highest BCUT2D eigenvalue weighted by Gasteiger charge is 2.30. The molecule has 1 heterocycles. The van der Waals surface area contributed by atoms with Crippen LogP contribution in [0.25, 0.3) is 0 Å². The molecule has 24 heavy (non-hydrogen) atoms. The van der Waals surface area contributed by atoms with Crippen LogP contribution < -0.4 is 5.32 Å². The molecule has 0 spiro atoms. The Kier molecular flexibility index (Phi) is 5.74. The molecule has 0 aliphatic carbocycles. The molecule has 1 aromatic rings. The summed E-state index contributed by atoms with van der Waals surface area (Å²) >= 11 is 0. The molecule has 1 saturated heterocycles. The van der Waals surface area contributed by atoms with Crippen LogP contribution >= 0.6 is 0 Å². The molecule has 2 unspecified atom stereocenters. The number of rotatable bonds is 4. The third kappa shape index (κ3) is 4.87. The Morgan fingerprint density at radius 1 is 1.38 bits per heavy atom. The number of hydrogen-bond acceptors (Lipinski definition) is 2. The van der Waals surface area contributed by atoms with E-state index in [2.05, 4.69) is 17.3 Å². The van der Waals surface area contributed by atoms with Crippen LogP contribution in [0.3, 0.4) is 0 Å². The van der Waals surface area contributed by atoms with Crippen molar-refractivity contribution >= 4 is 6.03 Å². The number of carbonyl (C=O) groups excluding carboxylic acids is 1. The molecule has 0 radical (unpaired) electrons. The van der Waals surface area contributed by atoms with Gasteiger partial charge in [0, 0.05) is 20.1 Å². The van der Waals surface area contributed by atoms with Crippen molar-refractivity contribution in [3.63, 3.8) is 0 Å². The first-order valence-electron chi connectivity index (χ1n) is 8.04. The van der Waals surface area contributed by atoms with Gasteiger partial charge in [0.2, 0.25) is 0 Å². The minimum atomic E-state index is -4.35. The van der Waals surface area contributed by atoms with Crippen LogP contribution in [0.1, 0.15) is 30.5 Å². The molecule has 0 bridgehead atoms. The third-order valence-corrected chi connectivity index (χ3v) is 4.45. The summed E-state index contributed by atoms with van der Waals surface area (Å²) in [6.07, 6.45) is -3.28. The first-order valence-corrected chi connectivity index (χ1v) is 8.04. The van der Waals surface area contributed by atoms with E-state index >= 15 is 0 Å². The van der Waals surface area contributed by atoms with E-state index in [-0.39, 0.29) is 12.1 Å². The fourth-order valence-corrected chi connectivity index (χ4v) is 2.99. The van der Waals surface area contributed by atoms with Crippen LogP contribution in [0.15, 0.2) is 24.3 Å². The van der Waals surface area contributed by atoms with Crippen LogP contribution in [-0.4, -0.2) is 49.6 Å². The largest absolute Gasteiger partial charge is 0.416 e. The quantitative estimate of drug-likeness (QED) is 0.910. The Morgan fingerprint density at radius 2 is 2.00 bits per heavy atom. The van der Waals surface area contributed by atoms with E-state index < -0.39 is 11.7 Å². The molecule has 1 fully saturated rings. The summed E-state index contributed by atoms with van der Waals surface area (Å²) in [4.78, 5) is 16.1. The summed E-state index contributed by atoms with van der Waals surface area (Å²) in [6.45, 7) is 4.46. The lowest BCUT2D eigenvalue weighted by Crippen LogP contribution is -2.41. The van der Waals surface area contributed by atoms with Gasteiger partial charge >= 0.3 is 12.2 Å². The zero-order valence-electron chi connectivity index (χ0n) is 14.2. The summed E-state index contributed by atoms with van der Waals surface area (Å²) in [6, 6.07) is 4.32. The average Bonchev–Trinajstić information content (AvgIpc) is 2.91. The zero-order chi connectivity index (χ0) is 17.9. The molecular weight excluding hydrogens is 319 g/mol. The Hall–Kier alpha value is -1.76. The highest BCUT2D eigenvalue weighted by molar-refractivity contribution is 5.74. The van der Waals surface area contributed by atoms with Gasteiger partial charge in [0.25, 0.3) is 0 Å². The van der Waals surface area contributed by atoms with Crippen molar-refractivity contribution in [2.24, 2.45) is 5.92 Å². The second kappa shape index (κ2) is 7.42. The van der Waals surface area contributed by atoms with Crippen molar-refractivity contribution in [2.75, 3.05) is 33.7 Å². The van der Waals surface area contributed by atoms with E-state index in [0.29, 0.717) is 18.0 Å². The monoisotopic (exact) mass is 343 g/mol. The average molecular weight is 343 g/mol. The van der Waals surface area contributed by atoms with Gasteiger partial charge in [0.1, 0.15) is 0 Å². The van der Waals surface area contributed by atoms with Crippen LogP contribution in [0.5, 0.6) is 0 Å². The molecule has 2 rings (SSSR count). The van der Waals surface area contributed by atoms with Gasteiger partial charge in [-0.1, -0.05) is 12.1 Å². The molecule has 2 atom stereocenters. The number of alkyl halides is 3. The number of urea groups is 1. The highest BCUT2D eigenvalue weighted by Crippen LogP contribution is 2.29. The Labute approximate surface area is 140 Å². The van der Waals surface area contributed by atoms with E-state index in [9.17, 15) is 18.0 Å². The molecule has 1 N–H and O–H groups in total. The van der Waals surface area contributed by atoms with Crippen LogP contribution in [0, 0.1) is 5.92 Å². The molecule has 1 aliphatic rings. The fraction of sp³-hybridized carbons (Fsp3) is 0.588.